The maximum absolute atomic E-state index is 13.1. The molecule has 0 aliphatic rings. The quantitative estimate of drug-likeness (QED) is 0.644. The van der Waals surface area contributed by atoms with E-state index in [1.807, 2.05) is 84.6 Å². The number of anilines is 2. The zero-order valence-electron chi connectivity index (χ0n) is 15.1. The van der Waals surface area contributed by atoms with Crippen LogP contribution >= 0.6 is 0 Å². The van der Waals surface area contributed by atoms with Crippen LogP contribution in [0.15, 0.2) is 84.9 Å². The highest BCUT2D eigenvalue weighted by Crippen LogP contribution is 2.22. The van der Waals surface area contributed by atoms with Gasteiger partial charge in [-0.2, -0.15) is 0 Å². The summed E-state index contributed by atoms with van der Waals surface area (Å²) in [6.07, 6.45) is 0.856. The van der Waals surface area contributed by atoms with Crippen LogP contribution in [0, 0.1) is 0 Å². The number of likely N-dealkylation sites (N-methyl/N-ethyl adjacent to an activating group) is 1. The van der Waals surface area contributed by atoms with E-state index in [4.69, 9.17) is 0 Å². The minimum absolute atomic E-state index is 0.0578. The van der Waals surface area contributed by atoms with Gasteiger partial charge in [0.05, 0.1) is 11.3 Å². The van der Waals surface area contributed by atoms with Crippen LogP contribution in [0.3, 0.4) is 0 Å². The van der Waals surface area contributed by atoms with Gasteiger partial charge in [0.25, 0.3) is 5.91 Å². The lowest BCUT2D eigenvalue weighted by Gasteiger charge is -2.22. The lowest BCUT2D eigenvalue weighted by molar-refractivity contribution is 0.0767. The molecule has 0 fully saturated rings. The normalized spacial score (nSPS) is 10.3. The second kappa shape index (κ2) is 8.86. The Balaban J connectivity index is 1.75. The summed E-state index contributed by atoms with van der Waals surface area (Å²) in [5.41, 5.74) is 3.75. The highest BCUT2D eigenvalue weighted by atomic mass is 16.2. The number of rotatable bonds is 7. The van der Waals surface area contributed by atoms with Crippen molar-refractivity contribution in [1.29, 1.82) is 0 Å². The SMILES string of the molecule is CCN(CCc1ccccc1)C(=O)c1ccccc1Nc1ccccc1. The molecule has 0 aliphatic heterocycles. The summed E-state index contributed by atoms with van der Waals surface area (Å²) >= 11 is 0. The van der Waals surface area contributed by atoms with Crippen molar-refractivity contribution in [2.75, 3.05) is 18.4 Å². The average Bonchev–Trinajstić information content (AvgIpc) is 2.70. The van der Waals surface area contributed by atoms with E-state index >= 15 is 0 Å². The van der Waals surface area contributed by atoms with Gasteiger partial charge in [-0.05, 0) is 43.2 Å². The Hall–Kier alpha value is -3.07. The van der Waals surface area contributed by atoms with Crippen LogP contribution in [0.2, 0.25) is 0 Å². The maximum atomic E-state index is 13.1. The standard InChI is InChI=1S/C23H24N2O/c1-2-25(18-17-19-11-5-3-6-12-19)23(26)21-15-9-10-16-22(21)24-20-13-7-4-8-14-20/h3-16,24H,2,17-18H2,1H3. The van der Waals surface area contributed by atoms with E-state index in [2.05, 4.69) is 17.4 Å². The van der Waals surface area contributed by atoms with Gasteiger partial charge in [0.15, 0.2) is 0 Å². The molecule has 1 amide bonds. The molecule has 1 N–H and O–H groups in total. The summed E-state index contributed by atoms with van der Waals surface area (Å²) in [5, 5.41) is 3.36. The van der Waals surface area contributed by atoms with Crippen LogP contribution in [0.25, 0.3) is 0 Å². The molecule has 3 nitrogen and oxygen atoms in total. The van der Waals surface area contributed by atoms with Gasteiger partial charge in [0, 0.05) is 18.8 Å². The largest absolute Gasteiger partial charge is 0.355 e. The first-order valence-electron chi connectivity index (χ1n) is 9.02. The fourth-order valence-electron chi connectivity index (χ4n) is 2.94. The number of amides is 1. The first-order valence-corrected chi connectivity index (χ1v) is 9.02. The van der Waals surface area contributed by atoms with Crippen molar-refractivity contribution in [3.63, 3.8) is 0 Å². The Labute approximate surface area is 155 Å². The zero-order valence-corrected chi connectivity index (χ0v) is 15.1. The van der Waals surface area contributed by atoms with Gasteiger partial charge in [0.2, 0.25) is 0 Å². The molecule has 0 aliphatic carbocycles. The highest BCUT2D eigenvalue weighted by molar-refractivity contribution is 6.00. The summed E-state index contributed by atoms with van der Waals surface area (Å²) in [6, 6.07) is 27.9. The third kappa shape index (κ3) is 4.51. The molecule has 0 saturated carbocycles. The Bertz CT molecular complexity index is 831. The third-order valence-electron chi connectivity index (χ3n) is 4.39. The monoisotopic (exact) mass is 344 g/mol. The summed E-state index contributed by atoms with van der Waals surface area (Å²) in [7, 11) is 0. The Morgan fingerprint density at radius 3 is 2.15 bits per heavy atom. The fraction of sp³-hybridized carbons (Fsp3) is 0.174. The van der Waals surface area contributed by atoms with Crippen molar-refractivity contribution in [3.05, 3.63) is 96.1 Å². The van der Waals surface area contributed by atoms with Gasteiger partial charge in [-0.25, -0.2) is 0 Å². The molecule has 0 radical (unpaired) electrons. The number of hydrogen-bond acceptors (Lipinski definition) is 2. The van der Waals surface area contributed by atoms with Crippen LogP contribution < -0.4 is 5.32 Å². The van der Waals surface area contributed by atoms with E-state index < -0.39 is 0 Å². The van der Waals surface area contributed by atoms with Crippen molar-refractivity contribution in [2.24, 2.45) is 0 Å². The van der Waals surface area contributed by atoms with Crippen LogP contribution in [-0.4, -0.2) is 23.9 Å². The third-order valence-corrected chi connectivity index (χ3v) is 4.39. The zero-order chi connectivity index (χ0) is 18.2. The van der Waals surface area contributed by atoms with E-state index in [-0.39, 0.29) is 5.91 Å². The Morgan fingerprint density at radius 2 is 1.46 bits per heavy atom. The van der Waals surface area contributed by atoms with E-state index in [0.29, 0.717) is 18.7 Å². The average molecular weight is 344 g/mol. The molecule has 0 bridgehead atoms. The van der Waals surface area contributed by atoms with Crippen LogP contribution in [0.5, 0.6) is 0 Å². The molecule has 3 heteroatoms. The van der Waals surface area contributed by atoms with E-state index in [1.165, 1.54) is 5.56 Å². The van der Waals surface area contributed by atoms with Gasteiger partial charge in [0.1, 0.15) is 0 Å². The van der Waals surface area contributed by atoms with Gasteiger partial charge < -0.3 is 10.2 Å². The Kier molecular flexibility index (Phi) is 6.05. The lowest BCUT2D eigenvalue weighted by Crippen LogP contribution is -2.33. The van der Waals surface area contributed by atoms with Gasteiger partial charge >= 0.3 is 0 Å². The van der Waals surface area contributed by atoms with Crippen LogP contribution in [0.1, 0.15) is 22.8 Å². The molecule has 0 aromatic heterocycles. The maximum Gasteiger partial charge on any atom is 0.255 e. The van der Waals surface area contributed by atoms with E-state index in [1.54, 1.807) is 0 Å². The number of hydrogen-bond donors (Lipinski definition) is 1. The Morgan fingerprint density at radius 1 is 0.846 bits per heavy atom. The summed E-state index contributed by atoms with van der Waals surface area (Å²) in [5.74, 6) is 0.0578. The van der Waals surface area contributed by atoms with E-state index in [0.717, 1.165) is 17.8 Å². The number of carbonyl (C=O) groups excluding carboxylic acids is 1. The molecular formula is C23H24N2O. The second-order valence-electron chi connectivity index (χ2n) is 6.16. The first-order chi connectivity index (χ1) is 12.8. The molecule has 132 valence electrons. The molecule has 0 atom stereocenters. The van der Waals surface area contributed by atoms with Gasteiger partial charge in [-0.1, -0.05) is 60.7 Å². The molecule has 0 spiro atoms. The van der Waals surface area contributed by atoms with Crippen molar-refractivity contribution in [3.8, 4) is 0 Å². The molecule has 3 aromatic rings. The first kappa shape index (κ1) is 17.7. The number of benzene rings is 3. The van der Waals surface area contributed by atoms with Crippen molar-refractivity contribution in [2.45, 2.75) is 13.3 Å². The number of carbonyl (C=O) groups is 1. The van der Waals surface area contributed by atoms with E-state index in [9.17, 15) is 4.79 Å². The highest BCUT2D eigenvalue weighted by Gasteiger charge is 2.17. The van der Waals surface area contributed by atoms with Crippen molar-refractivity contribution >= 4 is 17.3 Å². The molecule has 0 unspecified atom stereocenters. The predicted octanol–water partition coefficient (Wildman–Crippen LogP) is 5.14. The predicted molar refractivity (Wildman–Crippen MR) is 108 cm³/mol. The minimum atomic E-state index is 0.0578. The van der Waals surface area contributed by atoms with Crippen LogP contribution in [-0.2, 0) is 6.42 Å². The number of nitrogens with zero attached hydrogens (tertiary/aromatic N) is 1. The topological polar surface area (TPSA) is 32.3 Å². The number of para-hydroxylation sites is 2. The fourth-order valence-corrected chi connectivity index (χ4v) is 2.94. The minimum Gasteiger partial charge on any atom is -0.355 e. The molecule has 3 aromatic carbocycles. The summed E-state index contributed by atoms with van der Waals surface area (Å²) < 4.78 is 0. The second-order valence-corrected chi connectivity index (χ2v) is 6.16. The lowest BCUT2D eigenvalue weighted by atomic mass is 10.1. The molecule has 0 heterocycles. The molecular weight excluding hydrogens is 320 g/mol. The number of nitrogens with one attached hydrogen (secondary N) is 1. The van der Waals surface area contributed by atoms with Crippen molar-refractivity contribution < 1.29 is 4.79 Å². The molecule has 3 rings (SSSR count). The molecule has 26 heavy (non-hydrogen) atoms. The summed E-state index contributed by atoms with van der Waals surface area (Å²) in [4.78, 5) is 15.0. The summed E-state index contributed by atoms with van der Waals surface area (Å²) in [6.45, 7) is 3.42. The smallest absolute Gasteiger partial charge is 0.255 e. The van der Waals surface area contributed by atoms with Crippen molar-refractivity contribution in [1.82, 2.24) is 4.90 Å². The van der Waals surface area contributed by atoms with Gasteiger partial charge in [-0.15, -0.1) is 0 Å². The van der Waals surface area contributed by atoms with Crippen LogP contribution in [0.4, 0.5) is 11.4 Å². The molecule has 0 saturated heterocycles. The van der Waals surface area contributed by atoms with Gasteiger partial charge in [-0.3, -0.25) is 4.79 Å².